The summed E-state index contributed by atoms with van der Waals surface area (Å²) in [6.07, 6.45) is 0. The van der Waals surface area contributed by atoms with E-state index >= 15 is 0 Å². The van der Waals surface area contributed by atoms with E-state index in [0.29, 0.717) is 5.82 Å². The largest absolute Gasteiger partial charge is 0.228 e. The number of hydrogen-bond acceptors (Lipinski definition) is 3. The zero-order valence-electron chi connectivity index (χ0n) is 33.7. The van der Waals surface area contributed by atoms with E-state index in [-0.39, 0.29) is 0 Å². The lowest BCUT2D eigenvalue weighted by Crippen LogP contribution is -2.32. The first-order valence-corrected chi connectivity index (χ1v) is 22.0. The molecule has 1 aromatic heterocycles. The van der Waals surface area contributed by atoms with Crippen LogP contribution in [-0.2, 0) is 5.41 Å². The van der Waals surface area contributed by atoms with Gasteiger partial charge in [0.05, 0.1) is 16.8 Å². The predicted octanol–water partition coefficient (Wildman–Crippen LogP) is 15.3. The van der Waals surface area contributed by atoms with Gasteiger partial charge in [-0.05, 0) is 103 Å². The fourth-order valence-corrected chi connectivity index (χ4v) is 10.9. The number of hydrogen-bond donors (Lipinski definition) is 0. The molecule has 0 saturated heterocycles. The van der Waals surface area contributed by atoms with Crippen molar-refractivity contribution in [2.45, 2.75) is 15.2 Å². The molecule has 12 rings (SSSR count). The van der Waals surface area contributed by atoms with E-state index in [1.807, 2.05) is 36.0 Å². The van der Waals surface area contributed by atoms with Crippen LogP contribution in [0.2, 0.25) is 0 Å². The summed E-state index contributed by atoms with van der Waals surface area (Å²) in [5, 5.41) is 0. The Hall–Kier alpha value is -7.59. The highest BCUT2D eigenvalue weighted by Crippen LogP contribution is 2.62. The zero-order valence-corrected chi connectivity index (χ0v) is 34.6. The molecule has 0 amide bonds. The van der Waals surface area contributed by atoms with Crippen molar-refractivity contribution in [3.05, 3.63) is 253 Å². The van der Waals surface area contributed by atoms with Gasteiger partial charge in [-0.15, -0.1) is 0 Å². The van der Waals surface area contributed by atoms with Gasteiger partial charge in [0.2, 0.25) is 0 Å². The van der Waals surface area contributed by atoms with Gasteiger partial charge in [-0.2, -0.15) is 0 Å². The van der Waals surface area contributed by atoms with E-state index in [9.17, 15) is 0 Å². The van der Waals surface area contributed by atoms with Gasteiger partial charge in [0, 0.05) is 26.5 Å². The maximum Gasteiger partial charge on any atom is 0.160 e. The van der Waals surface area contributed by atoms with Gasteiger partial charge >= 0.3 is 0 Å². The molecule has 1 aliphatic heterocycles. The Balaban J connectivity index is 0.943. The van der Waals surface area contributed by atoms with Gasteiger partial charge in [-0.3, -0.25) is 0 Å². The van der Waals surface area contributed by atoms with Gasteiger partial charge in [-0.25, -0.2) is 9.97 Å². The van der Waals surface area contributed by atoms with Crippen LogP contribution in [0.1, 0.15) is 22.3 Å². The van der Waals surface area contributed by atoms with Crippen LogP contribution in [0.5, 0.6) is 0 Å². The minimum Gasteiger partial charge on any atom is -0.228 e. The minimum atomic E-state index is -0.411. The fourth-order valence-electron chi connectivity index (χ4n) is 9.70. The second-order valence-corrected chi connectivity index (χ2v) is 17.2. The molecule has 10 aromatic rings. The molecule has 0 atom stereocenters. The second kappa shape index (κ2) is 14.8. The Morgan fingerprint density at radius 1 is 0.274 bits per heavy atom. The molecular formula is C59H38N2S. The average molecular weight is 807 g/mol. The van der Waals surface area contributed by atoms with E-state index in [1.165, 1.54) is 65.4 Å². The molecule has 62 heavy (non-hydrogen) atoms. The predicted molar refractivity (Wildman–Crippen MR) is 256 cm³/mol. The van der Waals surface area contributed by atoms with E-state index < -0.39 is 5.41 Å². The molecule has 1 aliphatic carbocycles. The van der Waals surface area contributed by atoms with Crippen molar-refractivity contribution >= 4 is 11.8 Å². The fraction of sp³-hybridized carbons (Fsp3) is 0.0169. The summed E-state index contributed by atoms with van der Waals surface area (Å²) in [4.78, 5) is 12.9. The molecule has 0 fully saturated rings. The molecular weight excluding hydrogens is 769 g/mol. The first-order valence-electron chi connectivity index (χ1n) is 21.1. The van der Waals surface area contributed by atoms with Crippen LogP contribution in [0.25, 0.3) is 78.4 Å². The van der Waals surface area contributed by atoms with E-state index in [1.54, 1.807) is 0 Å². The van der Waals surface area contributed by atoms with Crippen molar-refractivity contribution in [2.75, 3.05) is 0 Å². The van der Waals surface area contributed by atoms with E-state index in [2.05, 4.69) is 206 Å². The number of fused-ring (bicyclic) bond motifs is 9. The first kappa shape index (κ1) is 36.3. The van der Waals surface area contributed by atoms with Crippen molar-refractivity contribution < 1.29 is 0 Å². The second-order valence-electron chi connectivity index (χ2n) is 16.1. The molecule has 2 aliphatic rings. The Labute approximate surface area is 366 Å². The lowest BCUT2D eigenvalue weighted by Gasteiger charge is -2.40. The van der Waals surface area contributed by atoms with Crippen LogP contribution in [0.4, 0.5) is 0 Å². The van der Waals surface area contributed by atoms with Crippen LogP contribution in [0, 0.1) is 0 Å². The normalized spacial score (nSPS) is 12.9. The molecule has 0 bridgehead atoms. The zero-order chi connectivity index (χ0) is 41.0. The first-order chi connectivity index (χ1) is 30.7. The quantitative estimate of drug-likeness (QED) is 0.167. The summed E-state index contributed by atoms with van der Waals surface area (Å²) in [5.74, 6) is 0.705. The molecule has 2 nitrogen and oxygen atoms in total. The van der Waals surface area contributed by atoms with Crippen molar-refractivity contribution in [1.82, 2.24) is 9.97 Å². The average Bonchev–Trinajstić information content (AvgIpc) is 3.65. The highest BCUT2D eigenvalue weighted by atomic mass is 32.2. The third kappa shape index (κ3) is 5.96. The van der Waals surface area contributed by atoms with Gasteiger partial charge in [0.15, 0.2) is 5.82 Å². The monoisotopic (exact) mass is 806 g/mol. The molecule has 2 heterocycles. The molecule has 0 N–H and O–H groups in total. The summed E-state index contributed by atoms with van der Waals surface area (Å²) in [6.45, 7) is 0. The molecule has 3 heteroatoms. The Kier molecular flexibility index (Phi) is 8.69. The smallest absolute Gasteiger partial charge is 0.160 e. The summed E-state index contributed by atoms with van der Waals surface area (Å²) < 4.78 is 0. The van der Waals surface area contributed by atoms with Crippen LogP contribution in [-0.4, -0.2) is 9.97 Å². The lowest BCUT2D eigenvalue weighted by molar-refractivity contribution is 0.723. The summed E-state index contributed by atoms with van der Waals surface area (Å²) in [7, 11) is 0. The number of nitrogens with zero attached hydrogens (tertiary/aromatic N) is 2. The maximum absolute atomic E-state index is 5.18. The molecule has 1 spiro atoms. The molecule has 0 saturated carbocycles. The maximum atomic E-state index is 5.18. The Morgan fingerprint density at radius 2 is 0.710 bits per heavy atom. The summed E-state index contributed by atoms with van der Waals surface area (Å²) in [6, 6.07) is 83.4. The standard InChI is InChI=1S/C59H38N2S/c1-3-15-39(16-4-1)40-29-31-41(32-30-40)54-38-55(61-58(60-54)42-17-5-2-6-18-42)47-22-14-21-45(36-47)43-19-13-20-44(35-43)46-33-34-57-53(37-46)59(52-27-11-12-28-56(52)62-57)50-25-9-7-23-48(50)49-24-8-10-26-51(49)59/h1-38H. The van der Waals surface area contributed by atoms with Gasteiger partial charge in [0.25, 0.3) is 0 Å². The third-order valence-electron chi connectivity index (χ3n) is 12.6. The van der Waals surface area contributed by atoms with Crippen LogP contribution in [0.3, 0.4) is 0 Å². The van der Waals surface area contributed by atoms with Gasteiger partial charge in [-0.1, -0.05) is 206 Å². The third-order valence-corrected chi connectivity index (χ3v) is 13.7. The van der Waals surface area contributed by atoms with Crippen molar-refractivity contribution in [3.8, 4) is 78.4 Å². The number of rotatable bonds is 6. The lowest BCUT2D eigenvalue weighted by atomic mass is 9.67. The van der Waals surface area contributed by atoms with Gasteiger partial charge in [0.1, 0.15) is 0 Å². The summed E-state index contributed by atoms with van der Waals surface area (Å²) >= 11 is 1.88. The molecule has 0 radical (unpaired) electrons. The van der Waals surface area contributed by atoms with Crippen LogP contribution >= 0.6 is 11.8 Å². The van der Waals surface area contributed by atoms with Crippen molar-refractivity contribution in [3.63, 3.8) is 0 Å². The van der Waals surface area contributed by atoms with Gasteiger partial charge < -0.3 is 0 Å². The van der Waals surface area contributed by atoms with Crippen LogP contribution in [0.15, 0.2) is 240 Å². The summed E-state index contributed by atoms with van der Waals surface area (Å²) in [5.41, 5.74) is 19.5. The van der Waals surface area contributed by atoms with E-state index in [0.717, 1.165) is 39.2 Å². The Morgan fingerprint density at radius 3 is 1.37 bits per heavy atom. The molecule has 0 unspecified atom stereocenters. The highest BCUT2D eigenvalue weighted by molar-refractivity contribution is 7.99. The molecule has 290 valence electrons. The minimum absolute atomic E-state index is 0.411. The van der Waals surface area contributed by atoms with Crippen molar-refractivity contribution in [2.24, 2.45) is 0 Å². The van der Waals surface area contributed by atoms with Crippen molar-refractivity contribution in [1.29, 1.82) is 0 Å². The van der Waals surface area contributed by atoms with Crippen LogP contribution < -0.4 is 0 Å². The highest BCUT2D eigenvalue weighted by Gasteiger charge is 2.50. The SMILES string of the molecule is c1ccc(-c2ccc(-c3cc(-c4cccc(-c5cccc(-c6ccc7c(c6)C6(c8ccccc8S7)c7ccccc7-c7ccccc76)c5)c4)nc(-c4ccccc4)n3)cc2)cc1. The topological polar surface area (TPSA) is 25.8 Å². The molecule has 9 aromatic carbocycles. The van der Waals surface area contributed by atoms with E-state index in [4.69, 9.17) is 9.97 Å². The number of aromatic nitrogens is 2. The Bertz CT molecular complexity index is 3270. The number of benzene rings is 9.